The van der Waals surface area contributed by atoms with Crippen LogP contribution in [0.1, 0.15) is 30.9 Å². The first-order valence-electron chi connectivity index (χ1n) is 9.71. The molecule has 2 aliphatic rings. The number of aliphatic hydroxyl groups is 1. The van der Waals surface area contributed by atoms with Crippen molar-refractivity contribution in [2.75, 3.05) is 18.4 Å². The van der Waals surface area contributed by atoms with Gasteiger partial charge in [0.15, 0.2) is 0 Å². The number of rotatable bonds is 2. The highest BCUT2D eigenvalue weighted by molar-refractivity contribution is 9.10. The predicted molar refractivity (Wildman–Crippen MR) is 110 cm³/mol. The molecule has 2 N–H and O–H groups in total. The number of likely N-dealkylation sites (tertiary alicyclic amines) is 1. The van der Waals surface area contributed by atoms with E-state index in [0.717, 1.165) is 22.2 Å². The maximum Gasteiger partial charge on any atom is 0.573 e. The summed E-state index contributed by atoms with van der Waals surface area (Å²) in [5.74, 6) is 0.283. The molecule has 0 aliphatic carbocycles. The number of halogens is 4. The number of alkyl halides is 3. The van der Waals surface area contributed by atoms with E-state index in [4.69, 9.17) is 4.74 Å². The van der Waals surface area contributed by atoms with Gasteiger partial charge >= 0.3 is 12.4 Å². The van der Waals surface area contributed by atoms with Gasteiger partial charge in [-0.05, 0) is 46.3 Å². The summed E-state index contributed by atoms with van der Waals surface area (Å²) in [6.07, 6.45) is -3.85. The Bertz CT molecular complexity index is 960. The molecular formula is C21H20BrF3N2O4. The summed E-state index contributed by atoms with van der Waals surface area (Å²) in [5, 5.41) is 13.3. The van der Waals surface area contributed by atoms with Crippen molar-refractivity contribution in [3.63, 3.8) is 0 Å². The first-order valence-corrected chi connectivity index (χ1v) is 10.5. The minimum absolute atomic E-state index is 0.350. The van der Waals surface area contributed by atoms with Crippen LogP contribution in [0.3, 0.4) is 0 Å². The maximum atomic E-state index is 12.6. The van der Waals surface area contributed by atoms with E-state index in [-0.39, 0.29) is 11.8 Å². The third-order valence-electron chi connectivity index (χ3n) is 5.54. The standard InChI is InChI=1S/C21H20BrF3N2O4/c22-16-3-1-2-15-17(28)12-20(31-18(15)16)8-10-27(11-9-20)19(29)26-13-4-6-14(7-5-13)30-21(23,24)25/h1-7,17,28H,8-12H2,(H,26,29). The van der Waals surface area contributed by atoms with Crippen LogP contribution < -0.4 is 14.8 Å². The van der Waals surface area contributed by atoms with Crippen LogP contribution in [0.5, 0.6) is 11.5 Å². The molecule has 4 rings (SSSR count). The van der Waals surface area contributed by atoms with Crippen molar-refractivity contribution in [2.45, 2.75) is 37.3 Å². The van der Waals surface area contributed by atoms with Crippen LogP contribution in [-0.4, -0.2) is 41.1 Å². The molecule has 0 bridgehead atoms. The van der Waals surface area contributed by atoms with Crippen molar-refractivity contribution < 1.29 is 32.5 Å². The number of para-hydroxylation sites is 1. The number of nitrogens with zero attached hydrogens (tertiary/aromatic N) is 1. The number of aliphatic hydroxyl groups excluding tert-OH is 1. The lowest BCUT2D eigenvalue weighted by molar-refractivity contribution is -0.274. The number of urea groups is 1. The molecule has 2 heterocycles. The van der Waals surface area contributed by atoms with Gasteiger partial charge in [-0.25, -0.2) is 4.79 Å². The fourth-order valence-corrected chi connectivity index (χ4v) is 4.44. The van der Waals surface area contributed by atoms with E-state index in [1.807, 2.05) is 18.2 Å². The third-order valence-corrected chi connectivity index (χ3v) is 6.17. The summed E-state index contributed by atoms with van der Waals surface area (Å²) in [6, 6.07) is 10.2. The number of ether oxygens (including phenoxy) is 2. The third kappa shape index (κ3) is 4.90. The molecule has 1 spiro atoms. The summed E-state index contributed by atoms with van der Waals surface area (Å²) in [4.78, 5) is 14.2. The number of carbonyl (C=O) groups is 1. The Kier molecular flexibility index (Phi) is 5.78. The SMILES string of the molecule is O=C(Nc1ccc(OC(F)(F)F)cc1)N1CCC2(CC1)CC(O)c1cccc(Br)c1O2. The van der Waals surface area contributed by atoms with Crippen LogP contribution in [0.25, 0.3) is 0 Å². The number of hydrogen-bond donors (Lipinski definition) is 2. The monoisotopic (exact) mass is 500 g/mol. The van der Waals surface area contributed by atoms with Crippen LogP contribution in [0, 0.1) is 0 Å². The number of fused-ring (bicyclic) bond motifs is 1. The number of carbonyl (C=O) groups excluding carboxylic acids is 1. The fourth-order valence-electron chi connectivity index (χ4n) is 3.98. The number of nitrogens with one attached hydrogen (secondary N) is 1. The fraction of sp³-hybridized carbons (Fsp3) is 0.381. The lowest BCUT2D eigenvalue weighted by Gasteiger charge is -2.46. The first-order chi connectivity index (χ1) is 14.6. The minimum Gasteiger partial charge on any atom is -0.485 e. The number of benzene rings is 2. The van der Waals surface area contributed by atoms with Crippen LogP contribution in [0.4, 0.5) is 23.7 Å². The lowest BCUT2D eigenvalue weighted by Crippen LogP contribution is -2.52. The summed E-state index contributed by atoms with van der Waals surface area (Å²) in [5.41, 5.74) is 0.559. The van der Waals surface area contributed by atoms with E-state index < -0.39 is 18.1 Å². The Morgan fingerprint density at radius 2 is 1.87 bits per heavy atom. The van der Waals surface area contributed by atoms with Crippen molar-refractivity contribution in [3.05, 3.63) is 52.5 Å². The topological polar surface area (TPSA) is 71.0 Å². The van der Waals surface area contributed by atoms with Gasteiger partial charge in [-0.3, -0.25) is 0 Å². The Morgan fingerprint density at radius 1 is 1.19 bits per heavy atom. The molecule has 10 heteroatoms. The molecule has 0 radical (unpaired) electrons. The zero-order chi connectivity index (χ0) is 22.2. The lowest BCUT2D eigenvalue weighted by atomic mass is 9.82. The Hall–Kier alpha value is -2.46. The van der Waals surface area contributed by atoms with Gasteiger partial charge < -0.3 is 24.8 Å². The van der Waals surface area contributed by atoms with Gasteiger partial charge in [-0.2, -0.15) is 0 Å². The van der Waals surface area contributed by atoms with Crippen LogP contribution in [0.15, 0.2) is 46.9 Å². The predicted octanol–water partition coefficient (Wildman–Crippen LogP) is 5.23. The van der Waals surface area contributed by atoms with Crippen molar-refractivity contribution >= 4 is 27.6 Å². The summed E-state index contributed by atoms with van der Waals surface area (Å²) in [7, 11) is 0. The Morgan fingerprint density at radius 3 is 2.52 bits per heavy atom. The maximum absolute atomic E-state index is 12.6. The van der Waals surface area contributed by atoms with Crippen LogP contribution >= 0.6 is 15.9 Å². The molecule has 0 aromatic heterocycles. The van der Waals surface area contributed by atoms with E-state index in [0.29, 0.717) is 43.8 Å². The Balaban J connectivity index is 1.36. The van der Waals surface area contributed by atoms with Gasteiger partial charge in [0.2, 0.25) is 0 Å². The highest BCUT2D eigenvalue weighted by Gasteiger charge is 2.44. The molecule has 31 heavy (non-hydrogen) atoms. The number of piperidine rings is 1. The highest BCUT2D eigenvalue weighted by atomic mass is 79.9. The number of amides is 2. The van der Waals surface area contributed by atoms with Gasteiger partial charge in [0, 0.05) is 43.6 Å². The molecule has 0 saturated carbocycles. The van der Waals surface area contributed by atoms with Crippen molar-refractivity contribution in [1.29, 1.82) is 0 Å². The largest absolute Gasteiger partial charge is 0.573 e. The van der Waals surface area contributed by atoms with E-state index in [2.05, 4.69) is 26.0 Å². The smallest absolute Gasteiger partial charge is 0.485 e. The molecule has 2 amide bonds. The van der Waals surface area contributed by atoms with E-state index in [1.165, 1.54) is 12.1 Å². The molecule has 1 unspecified atom stereocenters. The summed E-state index contributed by atoms with van der Waals surface area (Å²) >= 11 is 3.47. The van der Waals surface area contributed by atoms with Crippen molar-refractivity contribution in [2.24, 2.45) is 0 Å². The van der Waals surface area contributed by atoms with Crippen LogP contribution in [0.2, 0.25) is 0 Å². The van der Waals surface area contributed by atoms with Crippen molar-refractivity contribution in [1.82, 2.24) is 4.90 Å². The second-order valence-electron chi connectivity index (χ2n) is 7.65. The summed E-state index contributed by atoms with van der Waals surface area (Å²) in [6.45, 7) is 0.848. The highest BCUT2D eigenvalue weighted by Crippen LogP contribution is 2.47. The molecule has 1 fully saturated rings. The van der Waals surface area contributed by atoms with Gasteiger partial charge in [0.05, 0.1) is 10.6 Å². The zero-order valence-corrected chi connectivity index (χ0v) is 17.9. The molecule has 2 aromatic rings. The van der Waals surface area contributed by atoms with Gasteiger partial charge in [0.25, 0.3) is 0 Å². The molecular weight excluding hydrogens is 481 g/mol. The summed E-state index contributed by atoms with van der Waals surface area (Å²) < 4.78 is 47.6. The second kappa shape index (κ2) is 8.23. The molecule has 2 aliphatic heterocycles. The van der Waals surface area contributed by atoms with E-state index in [1.54, 1.807) is 4.90 Å². The molecule has 2 aromatic carbocycles. The van der Waals surface area contributed by atoms with Crippen LogP contribution in [-0.2, 0) is 0 Å². The minimum atomic E-state index is -4.76. The number of hydrogen-bond acceptors (Lipinski definition) is 4. The molecule has 6 nitrogen and oxygen atoms in total. The van der Waals surface area contributed by atoms with Crippen molar-refractivity contribution in [3.8, 4) is 11.5 Å². The van der Waals surface area contributed by atoms with E-state index >= 15 is 0 Å². The quantitative estimate of drug-likeness (QED) is 0.592. The average Bonchev–Trinajstić information content (AvgIpc) is 2.70. The molecule has 166 valence electrons. The second-order valence-corrected chi connectivity index (χ2v) is 8.51. The normalized spacial score (nSPS) is 20.0. The van der Waals surface area contributed by atoms with Gasteiger partial charge in [0.1, 0.15) is 17.1 Å². The first kappa shape index (κ1) is 21.8. The average molecular weight is 501 g/mol. The molecule has 1 atom stereocenters. The van der Waals surface area contributed by atoms with E-state index in [9.17, 15) is 23.1 Å². The number of anilines is 1. The molecule has 1 saturated heterocycles. The Labute approximate surface area is 185 Å². The zero-order valence-electron chi connectivity index (χ0n) is 16.3. The van der Waals surface area contributed by atoms with Gasteiger partial charge in [-0.1, -0.05) is 12.1 Å². The van der Waals surface area contributed by atoms with Gasteiger partial charge in [-0.15, -0.1) is 13.2 Å².